The van der Waals surface area contributed by atoms with Crippen molar-refractivity contribution in [2.24, 2.45) is 0 Å². The van der Waals surface area contributed by atoms with Crippen LogP contribution in [0.4, 0.5) is 4.79 Å². The fraction of sp³-hybridized carbons (Fsp3) is 0.517. The predicted molar refractivity (Wildman–Crippen MR) is 143 cm³/mol. The van der Waals surface area contributed by atoms with Crippen LogP contribution in [0, 0.1) is 0 Å². The Hall–Kier alpha value is -3.46. The second kappa shape index (κ2) is 13.4. The number of carbonyl (C=O) groups is 3. The Labute approximate surface area is 225 Å². The molecule has 1 aromatic carbocycles. The fourth-order valence-electron chi connectivity index (χ4n) is 3.67. The van der Waals surface area contributed by atoms with Crippen LogP contribution in [0.3, 0.4) is 0 Å². The Bertz CT molecular complexity index is 1060. The predicted octanol–water partition coefficient (Wildman–Crippen LogP) is 3.93. The minimum Gasteiger partial charge on any atom is -0.458 e. The van der Waals surface area contributed by atoms with Gasteiger partial charge in [0.05, 0.1) is 17.3 Å². The summed E-state index contributed by atoms with van der Waals surface area (Å²) in [5, 5.41) is 5.55. The number of nitrogens with one attached hydrogen (secondary N) is 2. The summed E-state index contributed by atoms with van der Waals surface area (Å²) in [4.78, 5) is 38.0. The Morgan fingerprint density at radius 3 is 2.03 bits per heavy atom. The van der Waals surface area contributed by atoms with E-state index in [0.717, 1.165) is 5.56 Å². The van der Waals surface area contributed by atoms with Crippen LogP contribution in [0.5, 0.6) is 0 Å². The maximum Gasteiger partial charge on any atom is 0.412 e. The van der Waals surface area contributed by atoms with Gasteiger partial charge in [0.15, 0.2) is 18.4 Å². The van der Waals surface area contributed by atoms with Gasteiger partial charge < -0.3 is 24.8 Å². The number of alkyl carbamates (subject to hydrolysis) is 1. The number of pyridine rings is 1. The maximum absolute atomic E-state index is 13.0. The van der Waals surface area contributed by atoms with E-state index in [2.05, 4.69) is 10.6 Å². The molecule has 0 radical (unpaired) electrons. The van der Waals surface area contributed by atoms with Gasteiger partial charge in [-0.2, -0.15) is 4.57 Å². The van der Waals surface area contributed by atoms with Crippen molar-refractivity contribution in [2.75, 3.05) is 0 Å². The molecule has 0 fully saturated rings. The SMILES string of the molecule is C[C@@H](Cc1ccccc1)NC(=O)OC[n+]1ccc(C(=O)N[C@H](C(=O)OC(C)(C)C)[C@@H](C)OC(C)(C)C)cc1. The number of rotatable bonds is 10. The third kappa shape index (κ3) is 11.3. The molecular formula is C29H42N3O6+. The van der Waals surface area contributed by atoms with Gasteiger partial charge in [0.2, 0.25) is 0 Å². The van der Waals surface area contributed by atoms with E-state index in [0.29, 0.717) is 12.0 Å². The van der Waals surface area contributed by atoms with Gasteiger partial charge in [0.1, 0.15) is 5.60 Å². The number of benzene rings is 1. The van der Waals surface area contributed by atoms with Crippen molar-refractivity contribution < 1.29 is 33.2 Å². The van der Waals surface area contributed by atoms with Crippen LogP contribution >= 0.6 is 0 Å². The molecule has 208 valence electrons. The van der Waals surface area contributed by atoms with Crippen molar-refractivity contribution in [1.29, 1.82) is 0 Å². The minimum atomic E-state index is -1.00. The van der Waals surface area contributed by atoms with Gasteiger partial charge in [-0.25, -0.2) is 9.59 Å². The molecule has 0 unspecified atom stereocenters. The smallest absolute Gasteiger partial charge is 0.412 e. The van der Waals surface area contributed by atoms with Gasteiger partial charge in [-0.3, -0.25) is 4.79 Å². The first-order valence-corrected chi connectivity index (χ1v) is 12.8. The number of esters is 1. The highest BCUT2D eigenvalue weighted by Crippen LogP contribution is 2.17. The van der Waals surface area contributed by atoms with Crippen molar-refractivity contribution in [3.05, 3.63) is 66.0 Å². The second-order valence-electron chi connectivity index (χ2n) is 11.3. The molecule has 0 aliphatic carbocycles. The van der Waals surface area contributed by atoms with E-state index in [1.54, 1.807) is 56.8 Å². The van der Waals surface area contributed by atoms with Crippen LogP contribution in [0.15, 0.2) is 54.9 Å². The van der Waals surface area contributed by atoms with Crippen molar-refractivity contribution in [1.82, 2.24) is 10.6 Å². The summed E-state index contributed by atoms with van der Waals surface area (Å²) in [5.74, 6) is -1.03. The van der Waals surface area contributed by atoms with Gasteiger partial charge in [0, 0.05) is 18.2 Å². The van der Waals surface area contributed by atoms with E-state index in [4.69, 9.17) is 14.2 Å². The van der Waals surface area contributed by atoms with Crippen LogP contribution in [0.2, 0.25) is 0 Å². The first-order chi connectivity index (χ1) is 17.6. The summed E-state index contributed by atoms with van der Waals surface area (Å²) in [6.07, 6.45) is 2.77. The van der Waals surface area contributed by atoms with Crippen molar-refractivity contribution in [3.8, 4) is 0 Å². The summed E-state index contributed by atoms with van der Waals surface area (Å²) >= 11 is 0. The monoisotopic (exact) mass is 528 g/mol. The van der Waals surface area contributed by atoms with Crippen LogP contribution in [0.1, 0.15) is 71.3 Å². The molecule has 1 heterocycles. The Balaban J connectivity index is 1.95. The summed E-state index contributed by atoms with van der Waals surface area (Å²) in [5.41, 5.74) is 0.218. The number of carbonyl (C=O) groups excluding carboxylic acids is 3. The molecule has 0 saturated carbocycles. The van der Waals surface area contributed by atoms with Crippen LogP contribution in [-0.4, -0.2) is 47.4 Å². The topological polar surface area (TPSA) is 107 Å². The number of amides is 2. The zero-order chi connectivity index (χ0) is 28.5. The molecule has 9 heteroatoms. The van der Waals surface area contributed by atoms with Crippen molar-refractivity contribution in [3.63, 3.8) is 0 Å². The van der Waals surface area contributed by atoms with Gasteiger partial charge >= 0.3 is 12.1 Å². The highest BCUT2D eigenvalue weighted by Gasteiger charge is 2.34. The maximum atomic E-state index is 13.0. The first-order valence-electron chi connectivity index (χ1n) is 12.8. The molecular weight excluding hydrogens is 486 g/mol. The average molecular weight is 529 g/mol. The molecule has 2 rings (SSSR count). The van der Waals surface area contributed by atoms with E-state index in [-0.39, 0.29) is 12.8 Å². The summed E-state index contributed by atoms with van der Waals surface area (Å²) in [6, 6.07) is 11.9. The van der Waals surface area contributed by atoms with Gasteiger partial charge in [-0.1, -0.05) is 30.3 Å². The van der Waals surface area contributed by atoms with E-state index in [1.807, 2.05) is 58.0 Å². The zero-order valence-corrected chi connectivity index (χ0v) is 23.7. The lowest BCUT2D eigenvalue weighted by molar-refractivity contribution is -0.727. The molecule has 2 amide bonds. The second-order valence-corrected chi connectivity index (χ2v) is 11.3. The molecule has 1 aromatic heterocycles. The highest BCUT2D eigenvalue weighted by molar-refractivity contribution is 5.96. The molecule has 0 aliphatic heterocycles. The number of ether oxygens (including phenoxy) is 3. The molecule has 0 aliphatic rings. The number of nitrogens with zero attached hydrogens (tertiary/aromatic N) is 1. The number of hydrogen-bond donors (Lipinski definition) is 2. The third-order valence-electron chi connectivity index (χ3n) is 5.20. The summed E-state index contributed by atoms with van der Waals surface area (Å²) < 4.78 is 18.4. The molecule has 2 N–H and O–H groups in total. The van der Waals surface area contributed by atoms with Crippen LogP contribution < -0.4 is 15.2 Å². The number of aromatic nitrogens is 1. The standard InChI is InChI=1S/C29H41N3O6/c1-20(18-22-12-10-9-11-13-22)30-27(35)36-19-32-16-14-23(15-17-32)25(33)31-24(21(2)37-28(3,4)5)26(34)38-29(6,7)8/h9-17,20-21,24H,18-19H2,1-8H3,(H-,30,31,33,35)/p+1/t20-,21+,24-/m0/s1. The first kappa shape index (κ1) is 30.8. The molecule has 38 heavy (non-hydrogen) atoms. The quantitative estimate of drug-likeness (QED) is 0.358. The Morgan fingerprint density at radius 2 is 1.47 bits per heavy atom. The summed E-state index contributed by atoms with van der Waals surface area (Å²) in [6.45, 7) is 14.5. The van der Waals surface area contributed by atoms with Crippen molar-refractivity contribution >= 4 is 18.0 Å². The molecule has 3 atom stereocenters. The van der Waals surface area contributed by atoms with Crippen LogP contribution in [-0.2, 0) is 32.2 Å². The van der Waals surface area contributed by atoms with E-state index in [9.17, 15) is 14.4 Å². The Kier molecular flexibility index (Phi) is 10.8. The van der Waals surface area contributed by atoms with E-state index < -0.39 is 41.3 Å². The minimum absolute atomic E-state index is 0.0250. The molecule has 0 spiro atoms. The fourth-order valence-corrected chi connectivity index (χ4v) is 3.67. The zero-order valence-electron chi connectivity index (χ0n) is 23.7. The van der Waals surface area contributed by atoms with Gasteiger partial charge in [-0.05, 0) is 67.4 Å². The van der Waals surface area contributed by atoms with Gasteiger partial charge in [-0.15, -0.1) is 0 Å². The lowest BCUT2D eigenvalue weighted by atomic mass is 10.1. The lowest BCUT2D eigenvalue weighted by Gasteiger charge is -2.32. The third-order valence-corrected chi connectivity index (χ3v) is 5.20. The lowest BCUT2D eigenvalue weighted by Crippen LogP contribution is -2.52. The normalized spacial score (nSPS) is 14.1. The molecule has 2 aromatic rings. The molecule has 9 nitrogen and oxygen atoms in total. The van der Waals surface area contributed by atoms with Crippen LogP contribution in [0.25, 0.3) is 0 Å². The molecule has 0 saturated heterocycles. The van der Waals surface area contributed by atoms with E-state index >= 15 is 0 Å². The van der Waals surface area contributed by atoms with Crippen molar-refractivity contribution in [2.45, 2.75) is 97.9 Å². The van der Waals surface area contributed by atoms with E-state index in [1.165, 1.54) is 0 Å². The highest BCUT2D eigenvalue weighted by atomic mass is 16.6. The van der Waals surface area contributed by atoms with Gasteiger partial charge in [0.25, 0.3) is 12.6 Å². The number of hydrogen-bond acceptors (Lipinski definition) is 6. The molecule has 0 bridgehead atoms. The largest absolute Gasteiger partial charge is 0.458 e. The average Bonchev–Trinajstić information content (AvgIpc) is 2.79. The Morgan fingerprint density at radius 1 is 0.868 bits per heavy atom. The summed E-state index contributed by atoms with van der Waals surface area (Å²) in [7, 11) is 0.